The van der Waals surface area contributed by atoms with Crippen molar-refractivity contribution in [2.45, 2.75) is 32.6 Å². The molecule has 2 N–H and O–H groups in total. The maximum Gasteiger partial charge on any atom is 0.222 e. The summed E-state index contributed by atoms with van der Waals surface area (Å²) in [6.07, 6.45) is 0. The van der Waals surface area contributed by atoms with Gasteiger partial charge in [-0.1, -0.05) is 52.0 Å². The zero-order valence-corrected chi connectivity index (χ0v) is 17.0. The van der Waals surface area contributed by atoms with Crippen molar-refractivity contribution in [1.29, 1.82) is 0 Å². The lowest BCUT2D eigenvalue weighted by molar-refractivity contribution is -0.123. The first-order valence-corrected chi connectivity index (χ1v) is 9.69. The fourth-order valence-electron chi connectivity index (χ4n) is 2.31. The van der Waals surface area contributed by atoms with Gasteiger partial charge in [0.25, 0.3) is 0 Å². The molecule has 2 rings (SSSR count). The Kier molecular flexibility index (Phi) is 9.39. The Morgan fingerprint density at radius 2 is 1.68 bits per heavy atom. The van der Waals surface area contributed by atoms with E-state index in [-0.39, 0.29) is 11.8 Å². The molecule has 138 valence electrons. The third kappa shape index (κ3) is 6.25. The second-order valence-corrected chi connectivity index (χ2v) is 6.90. The number of rotatable bonds is 7. The third-order valence-corrected chi connectivity index (χ3v) is 4.50. The lowest BCUT2D eigenvalue weighted by Gasteiger charge is -2.16. The van der Waals surface area contributed by atoms with E-state index in [0.29, 0.717) is 6.54 Å². The highest BCUT2D eigenvalue weighted by Gasteiger charge is 2.07. The highest BCUT2D eigenvalue weighted by atomic mass is 32.2. The van der Waals surface area contributed by atoms with Gasteiger partial charge in [0.15, 0.2) is 0 Å². The van der Waals surface area contributed by atoms with Crippen LogP contribution in [0.15, 0.2) is 41.3 Å². The number of nitrogens with one attached hydrogen (secondary N) is 2. The van der Waals surface area contributed by atoms with Crippen LogP contribution in [0.1, 0.15) is 27.7 Å². The molecule has 0 aliphatic carbocycles. The highest BCUT2D eigenvalue weighted by Crippen LogP contribution is 2.31. The summed E-state index contributed by atoms with van der Waals surface area (Å²) in [4.78, 5) is 14.8. The van der Waals surface area contributed by atoms with E-state index in [1.807, 2.05) is 27.7 Å². The Morgan fingerprint density at radius 3 is 2.32 bits per heavy atom. The van der Waals surface area contributed by atoms with E-state index in [4.69, 9.17) is 0 Å². The van der Waals surface area contributed by atoms with Gasteiger partial charge in [-0.25, -0.2) is 0 Å². The van der Waals surface area contributed by atoms with Crippen molar-refractivity contribution in [2.75, 3.05) is 32.1 Å². The molecule has 0 aliphatic rings. The first-order chi connectivity index (χ1) is 12.0. The predicted octanol–water partition coefficient (Wildman–Crippen LogP) is 4.30. The second kappa shape index (κ2) is 11.0. The van der Waals surface area contributed by atoms with Gasteiger partial charge < -0.3 is 10.2 Å². The van der Waals surface area contributed by atoms with Gasteiger partial charge in [0.05, 0.1) is 0 Å². The molecule has 0 bridgehead atoms. The molecule has 5 heteroatoms. The number of amides is 1. The summed E-state index contributed by atoms with van der Waals surface area (Å²) in [6, 6.07) is 12.7. The molecule has 0 aromatic heterocycles. The smallest absolute Gasteiger partial charge is 0.222 e. The largest absolute Gasteiger partial charge is 0.377 e. The van der Waals surface area contributed by atoms with E-state index >= 15 is 0 Å². The number of fused-ring (bicyclic) bond motifs is 1. The monoisotopic (exact) mass is 361 g/mol. The summed E-state index contributed by atoms with van der Waals surface area (Å²) in [6.45, 7) is 9.16. The van der Waals surface area contributed by atoms with Crippen molar-refractivity contribution in [1.82, 2.24) is 10.0 Å². The average molecular weight is 362 g/mol. The quantitative estimate of drug-likeness (QED) is 0.570. The van der Waals surface area contributed by atoms with Crippen LogP contribution in [0.3, 0.4) is 0 Å². The van der Waals surface area contributed by atoms with Gasteiger partial charge in [-0.2, -0.15) is 0 Å². The van der Waals surface area contributed by atoms with E-state index in [1.165, 1.54) is 21.4 Å². The van der Waals surface area contributed by atoms with Crippen LogP contribution >= 0.6 is 11.9 Å². The maximum absolute atomic E-state index is 11.5. The van der Waals surface area contributed by atoms with E-state index in [2.05, 4.69) is 65.4 Å². The van der Waals surface area contributed by atoms with Crippen molar-refractivity contribution in [3.8, 4) is 0 Å². The Hall–Kier alpha value is -1.72. The molecule has 0 spiro atoms. The predicted molar refractivity (Wildman–Crippen MR) is 111 cm³/mol. The van der Waals surface area contributed by atoms with Gasteiger partial charge in [0, 0.05) is 49.1 Å². The van der Waals surface area contributed by atoms with Crippen molar-refractivity contribution in [3.63, 3.8) is 0 Å². The minimum atomic E-state index is 0.0326. The number of hydrogen-bond donors (Lipinski definition) is 2. The molecule has 0 fully saturated rings. The molecule has 0 heterocycles. The minimum absolute atomic E-state index is 0.0326. The first-order valence-electron chi connectivity index (χ1n) is 8.87. The zero-order chi connectivity index (χ0) is 18.8. The van der Waals surface area contributed by atoms with Crippen LogP contribution in [0.5, 0.6) is 0 Å². The van der Waals surface area contributed by atoms with Crippen LogP contribution in [-0.4, -0.2) is 33.1 Å². The summed E-state index contributed by atoms with van der Waals surface area (Å²) in [5.41, 5.74) is 1.22. The van der Waals surface area contributed by atoms with E-state index in [0.717, 1.165) is 6.54 Å². The number of carbonyl (C=O) groups is 1. The van der Waals surface area contributed by atoms with E-state index in [1.54, 1.807) is 11.9 Å². The van der Waals surface area contributed by atoms with E-state index in [9.17, 15) is 4.79 Å². The van der Waals surface area contributed by atoms with Gasteiger partial charge in [0.2, 0.25) is 5.91 Å². The topological polar surface area (TPSA) is 44.4 Å². The molecule has 2 aromatic carbocycles. The van der Waals surface area contributed by atoms with Crippen molar-refractivity contribution >= 4 is 34.3 Å². The number of benzene rings is 2. The van der Waals surface area contributed by atoms with Gasteiger partial charge >= 0.3 is 0 Å². The van der Waals surface area contributed by atoms with Crippen molar-refractivity contribution in [3.05, 3.63) is 36.4 Å². The highest BCUT2D eigenvalue weighted by molar-refractivity contribution is 7.97. The molecule has 0 aliphatic heterocycles. The van der Waals surface area contributed by atoms with Crippen LogP contribution < -0.4 is 14.9 Å². The third-order valence-electron chi connectivity index (χ3n) is 3.57. The summed E-state index contributed by atoms with van der Waals surface area (Å²) in [5.74, 6) is 0.128. The summed E-state index contributed by atoms with van der Waals surface area (Å²) >= 11 is 1.61. The lowest BCUT2D eigenvalue weighted by atomic mass is 10.1. The summed E-state index contributed by atoms with van der Waals surface area (Å²) < 4.78 is 3.33. The maximum atomic E-state index is 11.5. The van der Waals surface area contributed by atoms with Crippen LogP contribution in [0.2, 0.25) is 0 Å². The molecule has 1 amide bonds. The standard InChI is InChI=1S/C18H25N3OS.C2H6/c1-13(2)18(22)19-11-12-20-23-17-10-6-7-14-15(17)8-5-9-16(14)21(3)4;1-2/h5-10,13,20H,11-12H2,1-4H3,(H,19,22);1-2H3. The molecular weight excluding hydrogens is 330 g/mol. The first kappa shape index (κ1) is 21.3. The summed E-state index contributed by atoms with van der Waals surface area (Å²) in [7, 11) is 4.12. The Morgan fingerprint density at radius 1 is 1.04 bits per heavy atom. The molecule has 0 saturated heterocycles. The molecule has 0 radical (unpaired) electrons. The number of nitrogens with zero attached hydrogens (tertiary/aromatic N) is 1. The molecule has 2 aromatic rings. The molecule has 0 atom stereocenters. The SMILES string of the molecule is CC.CC(C)C(=O)NCCNSc1cccc2c(N(C)C)cccc12. The van der Waals surface area contributed by atoms with E-state index < -0.39 is 0 Å². The van der Waals surface area contributed by atoms with Gasteiger partial charge in [0.1, 0.15) is 0 Å². The number of hydrogen-bond acceptors (Lipinski definition) is 4. The van der Waals surface area contributed by atoms with Crippen LogP contribution in [-0.2, 0) is 4.79 Å². The zero-order valence-electron chi connectivity index (χ0n) is 16.2. The average Bonchev–Trinajstić information content (AvgIpc) is 2.62. The molecule has 25 heavy (non-hydrogen) atoms. The normalized spacial score (nSPS) is 10.4. The van der Waals surface area contributed by atoms with Gasteiger partial charge in [-0.3, -0.25) is 9.52 Å². The lowest BCUT2D eigenvalue weighted by Crippen LogP contribution is -2.32. The van der Waals surface area contributed by atoms with Gasteiger partial charge in [-0.15, -0.1) is 0 Å². The van der Waals surface area contributed by atoms with Crippen molar-refractivity contribution in [2.24, 2.45) is 5.92 Å². The Balaban J connectivity index is 0.00000151. The Labute approximate surface area is 156 Å². The number of anilines is 1. The fraction of sp³-hybridized carbons (Fsp3) is 0.450. The minimum Gasteiger partial charge on any atom is -0.377 e. The second-order valence-electron chi connectivity index (χ2n) is 5.96. The van der Waals surface area contributed by atoms with Crippen LogP contribution in [0.25, 0.3) is 10.8 Å². The molecule has 0 saturated carbocycles. The molecular formula is C20H31N3OS. The fourth-order valence-corrected chi connectivity index (χ4v) is 3.11. The van der Waals surface area contributed by atoms with Crippen LogP contribution in [0.4, 0.5) is 5.69 Å². The van der Waals surface area contributed by atoms with Gasteiger partial charge in [-0.05, 0) is 29.5 Å². The molecule has 4 nitrogen and oxygen atoms in total. The van der Waals surface area contributed by atoms with Crippen molar-refractivity contribution < 1.29 is 4.79 Å². The summed E-state index contributed by atoms with van der Waals surface area (Å²) in [5, 5.41) is 5.39. The van der Waals surface area contributed by atoms with Crippen LogP contribution in [0, 0.1) is 5.92 Å². The molecule has 0 unspecified atom stereocenters. The number of carbonyl (C=O) groups excluding carboxylic acids is 1. The Bertz CT molecular complexity index is 671.